The van der Waals surface area contributed by atoms with Crippen molar-refractivity contribution >= 4 is 40.4 Å². The van der Waals surface area contributed by atoms with Crippen LogP contribution in [-0.2, 0) is 17.3 Å². The fraction of sp³-hybridized carbons (Fsp3) is 0.375. The monoisotopic (exact) mass is 603 g/mol. The zero-order valence-electron chi connectivity index (χ0n) is 24.1. The average Bonchev–Trinajstić information content (AvgIpc) is 3.59. The number of alkyl halides is 2. The van der Waals surface area contributed by atoms with Crippen molar-refractivity contribution in [2.75, 3.05) is 42.5 Å². The Kier molecular flexibility index (Phi) is 8.71. The van der Waals surface area contributed by atoms with Gasteiger partial charge < -0.3 is 15.1 Å². The topological polar surface area (TPSA) is 77.5 Å². The maximum Gasteiger partial charge on any atom is 0.273 e. The molecule has 11 heteroatoms. The van der Waals surface area contributed by atoms with Crippen molar-refractivity contribution in [1.29, 1.82) is 0 Å². The predicted molar refractivity (Wildman–Crippen MR) is 166 cm³/mol. The van der Waals surface area contributed by atoms with Crippen LogP contribution in [0.5, 0.6) is 0 Å². The minimum atomic E-state index is -2.86. The number of aromatic nitrogens is 3. The lowest BCUT2D eigenvalue weighted by Gasteiger charge is -2.40. The molecular weight excluding hydrogens is 568 g/mol. The lowest BCUT2D eigenvalue weighted by Crippen LogP contribution is -2.56. The first-order chi connectivity index (χ1) is 20.9. The van der Waals surface area contributed by atoms with Gasteiger partial charge in [-0.1, -0.05) is 31.2 Å². The SMILES string of the molecule is CCC(F)(F)c1ccc(CNC(=O)[C@H]2CN(c3cnc4cnccc4n3)CCN2Sc2ccc(N3CCCC3)cc2)cc1. The summed E-state index contributed by atoms with van der Waals surface area (Å²) in [5.41, 5.74) is 3.45. The second-order valence-corrected chi connectivity index (χ2v) is 12.1. The van der Waals surface area contributed by atoms with Crippen LogP contribution in [0.25, 0.3) is 11.0 Å². The van der Waals surface area contributed by atoms with Crippen LogP contribution in [0.3, 0.4) is 0 Å². The van der Waals surface area contributed by atoms with E-state index in [4.69, 9.17) is 4.98 Å². The highest BCUT2D eigenvalue weighted by atomic mass is 32.2. The molecule has 0 aliphatic carbocycles. The van der Waals surface area contributed by atoms with Gasteiger partial charge in [-0.15, -0.1) is 0 Å². The van der Waals surface area contributed by atoms with E-state index in [0.29, 0.717) is 25.5 Å². The van der Waals surface area contributed by atoms with Crippen LogP contribution in [0.15, 0.2) is 78.1 Å². The first-order valence-electron chi connectivity index (χ1n) is 14.8. The third-order valence-electron chi connectivity index (χ3n) is 8.11. The lowest BCUT2D eigenvalue weighted by molar-refractivity contribution is -0.125. The van der Waals surface area contributed by atoms with Crippen molar-refractivity contribution < 1.29 is 13.6 Å². The largest absolute Gasteiger partial charge is 0.372 e. The number of rotatable bonds is 9. The average molecular weight is 604 g/mol. The summed E-state index contributed by atoms with van der Waals surface area (Å²) in [6.45, 7) is 5.64. The van der Waals surface area contributed by atoms with E-state index in [0.717, 1.165) is 34.6 Å². The first-order valence-corrected chi connectivity index (χ1v) is 15.5. The van der Waals surface area contributed by atoms with Gasteiger partial charge in [-0.25, -0.2) is 23.1 Å². The van der Waals surface area contributed by atoms with Crippen molar-refractivity contribution in [1.82, 2.24) is 24.6 Å². The number of hydrogen-bond acceptors (Lipinski definition) is 8. The van der Waals surface area contributed by atoms with Gasteiger partial charge in [0.1, 0.15) is 17.4 Å². The summed E-state index contributed by atoms with van der Waals surface area (Å²) >= 11 is 1.58. The molecule has 0 spiro atoms. The van der Waals surface area contributed by atoms with E-state index in [2.05, 4.69) is 53.7 Å². The van der Waals surface area contributed by atoms with Gasteiger partial charge in [0.2, 0.25) is 5.91 Å². The Labute approximate surface area is 254 Å². The normalized spacial score (nSPS) is 17.9. The number of nitrogens with zero attached hydrogens (tertiary/aromatic N) is 6. The van der Waals surface area contributed by atoms with Crippen LogP contribution in [0, 0.1) is 0 Å². The quantitative estimate of drug-likeness (QED) is 0.247. The molecule has 1 amide bonds. The molecule has 2 aliphatic heterocycles. The second-order valence-electron chi connectivity index (χ2n) is 10.9. The number of nitrogens with one attached hydrogen (secondary N) is 1. The van der Waals surface area contributed by atoms with Gasteiger partial charge >= 0.3 is 0 Å². The summed E-state index contributed by atoms with van der Waals surface area (Å²) < 4.78 is 30.2. The summed E-state index contributed by atoms with van der Waals surface area (Å²) in [6.07, 6.45) is 7.30. The van der Waals surface area contributed by atoms with Gasteiger partial charge in [0, 0.05) is 68.0 Å². The van der Waals surface area contributed by atoms with E-state index in [1.165, 1.54) is 37.6 Å². The molecule has 1 N–H and O–H groups in total. The van der Waals surface area contributed by atoms with Crippen LogP contribution < -0.4 is 15.1 Å². The van der Waals surface area contributed by atoms with Crippen LogP contribution in [-0.4, -0.2) is 63.9 Å². The predicted octanol–water partition coefficient (Wildman–Crippen LogP) is 5.64. The molecule has 0 saturated carbocycles. The number of amides is 1. The minimum absolute atomic E-state index is 0.0152. The fourth-order valence-corrected chi connectivity index (χ4v) is 6.50. The third kappa shape index (κ3) is 6.73. The van der Waals surface area contributed by atoms with Crippen LogP contribution in [0.2, 0.25) is 0 Å². The molecular formula is C32H35F2N7OS. The van der Waals surface area contributed by atoms with Gasteiger partial charge in [0.25, 0.3) is 5.92 Å². The van der Waals surface area contributed by atoms with Crippen molar-refractivity contribution in [2.45, 2.75) is 49.6 Å². The summed E-state index contributed by atoms with van der Waals surface area (Å²) in [6, 6.07) is 16.1. The molecule has 43 heavy (non-hydrogen) atoms. The molecule has 0 unspecified atom stereocenters. The maximum absolute atomic E-state index is 14.1. The molecule has 4 heterocycles. The molecule has 224 valence electrons. The standard InChI is InChI=1S/C32H35F2N7OS/c1-2-32(33,34)24-7-5-23(6-8-24)19-37-31(42)29-22-40(30-21-36-28-20-35-14-13-27(28)38-30)17-18-41(29)43-26-11-9-25(10-12-26)39-15-3-4-16-39/h5-14,20-21,29H,2-4,15-19,22H2,1H3,(H,37,42)/t29-/m1/s1. The molecule has 1 atom stereocenters. The summed E-state index contributed by atoms with van der Waals surface area (Å²) in [7, 11) is 0. The first kappa shape index (κ1) is 29.3. The van der Waals surface area contributed by atoms with Crippen LogP contribution in [0.4, 0.5) is 20.3 Å². The number of halogens is 2. The highest BCUT2D eigenvalue weighted by Gasteiger charge is 2.34. The number of pyridine rings is 1. The molecule has 0 radical (unpaired) electrons. The van der Waals surface area contributed by atoms with E-state index in [1.54, 1.807) is 42.7 Å². The highest BCUT2D eigenvalue weighted by Crippen LogP contribution is 2.32. The van der Waals surface area contributed by atoms with E-state index in [1.807, 2.05) is 6.07 Å². The van der Waals surface area contributed by atoms with Gasteiger partial charge in [0.05, 0.1) is 17.9 Å². The molecule has 2 aromatic heterocycles. The van der Waals surface area contributed by atoms with Gasteiger partial charge in [-0.2, -0.15) is 0 Å². The molecule has 2 saturated heterocycles. The third-order valence-corrected chi connectivity index (χ3v) is 9.26. The Bertz CT molecular complexity index is 1550. The van der Waals surface area contributed by atoms with Crippen LogP contribution >= 0.6 is 11.9 Å². The van der Waals surface area contributed by atoms with E-state index in [9.17, 15) is 13.6 Å². The van der Waals surface area contributed by atoms with Crippen molar-refractivity contribution in [3.8, 4) is 0 Å². The number of carbonyl (C=O) groups is 1. The molecule has 2 aromatic carbocycles. The zero-order chi connectivity index (χ0) is 29.8. The lowest BCUT2D eigenvalue weighted by atomic mass is 10.0. The number of carbonyl (C=O) groups excluding carboxylic acids is 1. The van der Waals surface area contributed by atoms with Gasteiger partial charge in [-0.3, -0.25) is 9.78 Å². The van der Waals surface area contributed by atoms with Gasteiger partial charge in [0.15, 0.2) is 0 Å². The van der Waals surface area contributed by atoms with Crippen molar-refractivity contribution in [2.24, 2.45) is 0 Å². The number of hydrogen-bond donors (Lipinski definition) is 1. The Morgan fingerprint density at radius 3 is 2.47 bits per heavy atom. The number of anilines is 2. The molecule has 2 fully saturated rings. The Balaban J connectivity index is 1.18. The van der Waals surface area contributed by atoms with E-state index in [-0.39, 0.29) is 24.4 Å². The van der Waals surface area contributed by atoms with E-state index >= 15 is 0 Å². The smallest absolute Gasteiger partial charge is 0.273 e. The highest BCUT2D eigenvalue weighted by molar-refractivity contribution is 7.97. The molecule has 2 aliphatic rings. The summed E-state index contributed by atoms with van der Waals surface area (Å²) in [5.74, 6) is -2.28. The maximum atomic E-state index is 14.1. The number of benzene rings is 2. The Morgan fingerprint density at radius 1 is 0.953 bits per heavy atom. The Morgan fingerprint density at radius 2 is 1.72 bits per heavy atom. The Hall–Kier alpha value is -3.83. The van der Waals surface area contributed by atoms with Gasteiger partial charge in [-0.05, 0) is 60.7 Å². The number of fused-ring (bicyclic) bond motifs is 1. The minimum Gasteiger partial charge on any atom is -0.372 e. The zero-order valence-corrected chi connectivity index (χ0v) is 24.9. The molecule has 6 rings (SSSR count). The number of piperazine rings is 1. The molecule has 8 nitrogen and oxygen atoms in total. The summed E-state index contributed by atoms with van der Waals surface area (Å²) in [5, 5.41) is 3.05. The van der Waals surface area contributed by atoms with Crippen molar-refractivity contribution in [3.63, 3.8) is 0 Å². The van der Waals surface area contributed by atoms with Crippen molar-refractivity contribution in [3.05, 3.63) is 84.3 Å². The second kappa shape index (κ2) is 12.8. The fourth-order valence-electron chi connectivity index (χ4n) is 5.51. The van der Waals surface area contributed by atoms with E-state index < -0.39 is 12.0 Å². The summed E-state index contributed by atoms with van der Waals surface area (Å²) in [4.78, 5) is 32.7. The molecule has 0 bridgehead atoms. The molecule has 4 aromatic rings. The van der Waals surface area contributed by atoms with Crippen LogP contribution in [0.1, 0.15) is 37.3 Å².